The predicted molar refractivity (Wildman–Crippen MR) is 109 cm³/mol. The van der Waals surface area contributed by atoms with E-state index in [4.69, 9.17) is 11.6 Å². The number of amides is 1. The molecular formula is C20H21ClN2O4S. The second-order valence-corrected chi connectivity index (χ2v) is 9.23. The average molecular weight is 421 g/mol. The van der Waals surface area contributed by atoms with Crippen molar-refractivity contribution in [2.75, 3.05) is 24.7 Å². The molecule has 1 saturated heterocycles. The molecule has 1 aliphatic heterocycles. The van der Waals surface area contributed by atoms with Crippen LogP contribution in [0.25, 0.3) is 0 Å². The number of benzene rings is 2. The van der Waals surface area contributed by atoms with Gasteiger partial charge in [0.05, 0.1) is 11.9 Å². The molecule has 0 aromatic heterocycles. The molecule has 1 N–H and O–H groups in total. The van der Waals surface area contributed by atoms with Crippen molar-refractivity contribution in [3.63, 3.8) is 0 Å². The van der Waals surface area contributed by atoms with Crippen LogP contribution in [0.1, 0.15) is 28.8 Å². The van der Waals surface area contributed by atoms with Crippen molar-refractivity contribution in [2.45, 2.75) is 12.8 Å². The summed E-state index contributed by atoms with van der Waals surface area (Å²) in [4.78, 5) is 25.5. The maximum absolute atomic E-state index is 12.8. The first-order valence-electron chi connectivity index (χ1n) is 8.91. The van der Waals surface area contributed by atoms with Gasteiger partial charge in [-0.1, -0.05) is 41.9 Å². The highest BCUT2D eigenvalue weighted by atomic mass is 35.5. The van der Waals surface area contributed by atoms with Crippen molar-refractivity contribution in [3.05, 3.63) is 64.7 Å². The van der Waals surface area contributed by atoms with Gasteiger partial charge in [0.2, 0.25) is 15.9 Å². The van der Waals surface area contributed by atoms with Gasteiger partial charge < -0.3 is 5.32 Å². The van der Waals surface area contributed by atoms with Gasteiger partial charge in [0.15, 0.2) is 5.78 Å². The Morgan fingerprint density at radius 2 is 1.71 bits per heavy atom. The molecule has 0 saturated carbocycles. The zero-order chi connectivity index (χ0) is 20.3. The molecule has 0 radical (unpaired) electrons. The Kier molecular flexibility index (Phi) is 6.17. The van der Waals surface area contributed by atoms with Crippen LogP contribution in [0.2, 0.25) is 5.02 Å². The Bertz CT molecular complexity index is 985. The molecular weight excluding hydrogens is 400 g/mol. The third kappa shape index (κ3) is 4.79. The number of nitrogens with one attached hydrogen (secondary N) is 1. The SMILES string of the molecule is CS(=O)(=O)N1CCC(C(=O)Nc2ccc(Cl)cc2C(=O)c2ccccc2)CC1. The smallest absolute Gasteiger partial charge is 0.227 e. The quantitative estimate of drug-likeness (QED) is 0.753. The Morgan fingerprint density at radius 3 is 2.32 bits per heavy atom. The number of anilines is 1. The van der Waals surface area contributed by atoms with Gasteiger partial charge in [-0.3, -0.25) is 9.59 Å². The standard InChI is InChI=1S/C20H21ClN2O4S/c1-28(26,27)23-11-9-15(10-12-23)20(25)22-18-8-7-16(21)13-17(18)19(24)14-5-3-2-4-6-14/h2-8,13,15H,9-12H2,1H3,(H,22,25). The van der Waals surface area contributed by atoms with Crippen LogP contribution in [0.15, 0.2) is 48.5 Å². The van der Waals surface area contributed by atoms with E-state index in [0.29, 0.717) is 47.8 Å². The molecule has 8 heteroatoms. The van der Waals surface area contributed by atoms with E-state index in [1.165, 1.54) is 10.6 Å². The average Bonchev–Trinajstić information content (AvgIpc) is 2.69. The number of ketones is 1. The zero-order valence-electron chi connectivity index (χ0n) is 15.4. The highest BCUT2D eigenvalue weighted by molar-refractivity contribution is 7.88. The molecule has 0 bridgehead atoms. The van der Waals surface area contributed by atoms with Crippen molar-refractivity contribution < 1.29 is 18.0 Å². The van der Waals surface area contributed by atoms with Gasteiger partial charge >= 0.3 is 0 Å². The largest absolute Gasteiger partial charge is 0.325 e. The molecule has 148 valence electrons. The molecule has 1 amide bonds. The van der Waals surface area contributed by atoms with E-state index >= 15 is 0 Å². The van der Waals surface area contributed by atoms with Gasteiger partial charge in [-0.05, 0) is 31.0 Å². The fraction of sp³-hybridized carbons (Fsp3) is 0.300. The molecule has 1 heterocycles. The fourth-order valence-corrected chi connectivity index (χ4v) is 4.29. The second-order valence-electron chi connectivity index (χ2n) is 6.81. The predicted octanol–water partition coefficient (Wildman–Crippen LogP) is 3.18. The van der Waals surface area contributed by atoms with E-state index < -0.39 is 10.0 Å². The maximum Gasteiger partial charge on any atom is 0.227 e. The van der Waals surface area contributed by atoms with E-state index in [0.717, 1.165) is 0 Å². The van der Waals surface area contributed by atoms with Crippen LogP contribution in [0, 0.1) is 5.92 Å². The molecule has 1 aliphatic rings. The van der Waals surface area contributed by atoms with E-state index in [-0.39, 0.29) is 17.6 Å². The number of halogens is 1. The summed E-state index contributed by atoms with van der Waals surface area (Å²) in [5.74, 6) is -0.767. The van der Waals surface area contributed by atoms with E-state index in [9.17, 15) is 18.0 Å². The molecule has 0 atom stereocenters. The Hall–Kier alpha value is -2.22. The van der Waals surface area contributed by atoms with Crippen LogP contribution < -0.4 is 5.32 Å². The van der Waals surface area contributed by atoms with Gasteiger partial charge in [0.1, 0.15) is 0 Å². The normalized spacial score (nSPS) is 15.9. The summed E-state index contributed by atoms with van der Waals surface area (Å²) < 4.78 is 24.6. The van der Waals surface area contributed by atoms with Crippen LogP contribution in [0.5, 0.6) is 0 Å². The van der Waals surface area contributed by atoms with Crippen LogP contribution >= 0.6 is 11.6 Å². The van der Waals surface area contributed by atoms with Crippen molar-refractivity contribution in [3.8, 4) is 0 Å². The number of hydrogen-bond donors (Lipinski definition) is 1. The molecule has 28 heavy (non-hydrogen) atoms. The van der Waals surface area contributed by atoms with E-state index in [2.05, 4.69) is 5.32 Å². The minimum atomic E-state index is -3.24. The van der Waals surface area contributed by atoms with Crippen molar-refractivity contribution in [2.24, 2.45) is 5.92 Å². The Balaban J connectivity index is 1.76. The summed E-state index contributed by atoms with van der Waals surface area (Å²) in [5.41, 5.74) is 1.22. The number of sulfonamides is 1. The summed E-state index contributed by atoms with van der Waals surface area (Å²) in [6.45, 7) is 0.626. The molecule has 0 aliphatic carbocycles. The summed E-state index contributed by atoms with van der Waals surface area (Å²) in [6, 6.07) is 13.5. The van der Waals surface area contributed by atoms with E-state index in [1.807, 2.05) is 6.07 Å². The number of carbonyl (C=O) groups excluding carboxylic acids is 2. The van der Waals surface area contributed by atoms with Gasteiger partial charge in [-0.2, -0.15) is 0 Å². The highest BCUT2D eigenvalue weighted by Gasteiger charge is 2.29. The third-order valence-corrected chi connectivity index (χ3v) is 6.35. The monoisotopic (exact) mass is 420 g/mol. The first kappa shape index (κ1) is 20.5. The summed E-state index contributed by atoms with van der Waals surface area (Å²) >= 11 is 6.07. The topological polar surface area (TPSA) is 83.6 Å². The van der Waals surface area contributed by atoms with Crippen molar-refractivity contribution in [1.29, 1.82) is 0 Å². The number of piperidine rings is 1. The first-order valence-corrected chi connectivity index (χ1v) is 11.1. The fourth-order valence-electron chi connectivity index (χ4n) is 3.24. The molecule has 2 aromatic rings. The minimum absolute atomic E-state index is 0.224. The summed E-state index contributed by atoms with van der Waals surface area (Å²) in [6.07, 6.45) is 2.05. The third-order valence-electron chi connectivity index (χ3n) is 4.81. The van der Waals surface area contributed by atoms with E-state index in [1.54, 1.807) is 42.5 Å². The molecule has 1 fully saturated rings. The van der Waals surface area contributed by atoms with Crippen LogP contribution in [0.4, 0.5) is 5.69 Å². The molecule has 3 rings (SSSR count). The lowest BCUT2D eigenvalue weighted by atomic mass is 9.96. The molecule has 0 unspecified atom stereocenters. The summed E-state index contributed by atoms with van der Waals surface area (Å²) in [5, 5.41) is 3.23. The van der Waals surface area contributed by atoms with Crippen molar-refractivity contribution in [1.82, 2.24) is 4.31 Å². The number of carbonyl (C=O) groups is 2. The van der Waals surface area contributed by atoms with Gasteiger partial charge in [0, 0.05) is 35.2 Å². The second kappa shape index (κ2) is 8.43. The van der Waals surface area contributed by atoms with Crippen LogP contribution in [-0.2, 0) is 14.8 Å². The van der Waals surface area contributed by atoms with Crippen molar-refractivity contribution >= 4 is 39.0 Å². The Morgan fingerprint density at radius 1 is 1.07 bits per heavy atom. The lowest BCUT2D eigenvalue weighted by molar-refractivity contribution is -0.120. The first-order chi connectivity index (χ1) is 13.3. The highest BCUT2D eigenvalue weighted by Crippen LogP contribution is 2.26. The molecule has 6 nitrogen and oxygen atoms in total. The Labute approximate surface area is 169 Å². The van der Waals surface area contributed by atoms with Gasteiger partial charge in [0.25, 0.3) is 0 Å². The number of hydrogen-bond acceptors (Lipinski definition) is 4. The number of rotatable bonds is 5. The molecule has 2 aromatic carbocycles. The van der Waals surface area contributed by atoms with Crippen LogP contribution in [0.3, 0.4) is 0 Å². The summed E-state index contributed by atoms with van der Waals surface area (Å²) in [7, 11) is -3.24. The zero-order valence-corrected chi connectivity index (χ0v) is 17.0. The van der Waals surface area contributed by atoms with Crippen LogP contribution in [-0.4, -0.2) is 43.8 Å². The lowest BCUT2D eigenvalue weighted by Gasteiger charge is -2.29. The molecule has 0 spiro atoms. The number of nitrogens with zero attached hydrogens (tertiary/aromatic N) is 1. The van der Waals surface area contributed by atoms with Gasteiger partial charge in [-0.15, -0.1) is 0 Å². The lowest BCUT2D eigenvalue weighted by Crippen LogP contribution is -2.41. The van der Waals surface area contributed by atoms with Gasteiger partial charge in [-0.25, -0.2) is 12.7 Å². The minimum Gasteiger partial charge on any atom is -0.325 e. The maximum atomic E-state index is 12.8.